The van der Waals surface area contributed by atoms with E-state index < -0.39 is 0 Å². The molecule has 0 amide bonds. The van der Waals surface area contributed by atoms with Crippen LogP contribution in [0.15, 0.2) is 43.0 Å². The molecule has 0 atom stereocenters. The van der Waals surface area contributed by atoms with E-state index in [0.717, 1.165) is 11.8 Å². The van der Waals surface area contributed by atoms with Gasteiger partial charge in [-0.2, -0.15) is 0 Å². The molecule has 1 rings (SSSR count). The molecule has 0 radical (unpaired) electrons. The standard InChI is InChI=1S/C12H12O/c1-3-4-12(9-13)11-7-5-10(2)6-8-11/h3-9H,1H2,2H3/b12-4-. The van der Waals surface area contributed by atoms with Gasteiger partial charge in [-0.1, -0.05) is 48.6 Å². The van der Waals surface area contributed by atoms with Crippen molar-refractivity contribution in [3.63, 3.8) is 0 Å². The highest BCUT2D eigenvalue weighted by Crippen LogP contribution is 2.12. The summed E-state index contributed by atoms with van der Waals surface area (Å²) in [6.07, 6.45) is 4.16. The van der Waals surface area contributed by atoms with E-state index in [9.17, 15) is 4.79 Å². The zero-order valence-electron chi connectivity index (χ0n) is 7.66. The Bertz CT molecular complexity index is 331. The largest absolute Gasteiger partial charge is 0.298 e. The number of carbonyl (C=O) groups is 1. The van der Waals surface area contributed by atoms with Crippen LogP contribution in [0.25, 0.3) is 5.57 Å². The van der Waals surface area contributed by atoms with Crippen molar-refractivity contribution in [1.82, 2.24) is 0 Å². The number of benzene rings is 1. The maximum atomic E-state index is 10.7. The van der Waals surface area contributed by atoms with Crippen molar-refractivity contribution < 1.29 is 4.79 Å². The van der Waals surface area contributed by atoms with Gasteiger partial charge in [0.2, 0.25) is 0 Å². The Morgan fingerprint density at radius 1 is 1.31 bits per heavy atom. The summed E-state index contributed by atoms with van der Waals surface area (Å²) in [5.41, 5.74) is 2.78. The van der Waals surface area contributed by atoms with Gasteiger partial charge in [-0.3, -0.25) is 4.79 Å². The SMILES string of the molecule is C=C/C=C(/C=O)c1ccc(C)cc1. The van der Waals surface area contributed by atoms with Crippen LogP contribution in [0.2, 0.25) is 0 Å². The third-order valence-electron chi connectivity index (χ3n) is 1.81. The lowest BCUT2D eigenvalue weighted by molar-refractivity contribution is -0.103. The molecule has 0 saturated heterocycles. The summed E-state index contributed by atoms with van der Waals surface area (Å²) in [6.45, 7) is 5.57. The van der Waals surface area contributed by atoms with E-state index >= 15 is 0 Å². The average Bonchev–Trinajstić information content (AvgIpc) is 2.16. The maximum absolute atomic E-state index is 10.7. The Labute approximate surface area is 78.4 Å². The number of carbonyl (C=O) groups excluding carboxylic acids is 1. The molecule has 0 unspecified atom stereocenters. The van der Waals surface area contributed by atoms with Gasteiger partial charge in [0.25, 0.3) is 0 Å². The monoisotopic (exact) mass is 172 g/mol. The molecule has 0 heterocycles. The predicted octanol–water partition coefficient (Wildman–Crippen LogP) is 2.76. The van der Waals surface area contributed by atoms with Gasteiger partial charge in [0.1, 0.15) is 0 Å². The lowest BCUT2D eigenvalue weighted by Gasteiger charge is -1.99. The maximum Gasteiger partial charge on any atom is 0.150 e. The highest BCUT2D eigenvalue weighted by atomic mass is 16.1. The molecule has 13 heavy (non-hydrogen) atoms. The minimum atomic E-state index is 0.662. The van der Waals surface area contributed by atoms with Crippen molar-refractivity contribution in [2.45, 2.75) is 6.92 Å². The van der Waals surface area contributed by atoms with Gasteiger partial charge in [-0.05, 0) is 12.5 Å². The van der Waals surface area contributed by atoms with Gasteiger partial charge < -0.3 is 0 Å². The summed E-state index contributed by atoms with van der Waals surface area (Å²) < 4.78 is 0. The summed E-state index contributed by atoms with van der Waals surface area (Å²) >= 11 is 0. The van der Waals surface area contributed by atoms with Crippen LogP contribution < -0.4 is 0 Å². The van der Waals surface area contributed by atoms with Gasteiger partial charge >= 0.3 is 0 Å². The first-order valence-electron chi connectivity index (χ1n) is 4.13. The molecule has 0 bridgehead atoms. The molecule has 0 aromatic heterocycles. The van der Waals surface area contributed by atoms with Crippen LogP contribution in [0.4, 0.5) is 0 Å². The second-order valence-corrected chi connectivity index (χ2v) is 2.84. The van der Waals surface area contributed by atoms with Crippen LogP contribution in [0.3, 0.4) is 0 Å². The first-order chi connectivity index (χ1) is 6.27. The van der Waals surface area contributed by atoms with Crippen LogP contribution in [0.1, 0.15) is 11.1 Å². The van der Waals surface area contributed by atoms with Gasteiger partial charge in [-0.25, -0.2) is 0 Å². The molecular weight excluding hydrogens is 160 g/mol. The van der Waals surface area contributed by atoms with Crippen molar-refractivity contribution in [3.05, 3.63) is 54.1 Å². The van der Waals surface area contributed by atoms with Gasteiger partial charge in [0.15, 0.2) is 6.29 Å². The number of aldehydes is 1. The number of rotatable bonds is 3. The minimum Gasteiger partial charge on any atom is -0.298 e. The van der Waals surface area contributed by atoms with E-state index in [4.69, 9.17) is 0 Å². The molecule has 1 heteroatoms. The second kappa shape index (κ2) is 4.41. The Morgan fingerprint density at radius 3 is 2.38 bits per heavy atom. The number of hydrogen-bond acceptors (Lipinski definition) is 1. The number of hydrogen-bond donors (Lipinski definition) is 0. The summed E-state index contributed by atoms with van der Waals surface area (Å²) in [7, 11) is 0. The van der Waals surface area contributed by atoms with Crippen molar-refractivity contribution >= 4 is 11.9 Å². The van der Waals surface area contributed by atoms with Crippen LogP contribution in [-0.4, -0.2) is 6.29 Å². The fourth-order valence-corrected chi connectivity index (χ4v) is 1.08. The molecular formula is C12H12O. The highest BCUT2D eigenvalue weighted by Gasteiger charge is 1.97. The van der Waals surface area contributed by atoms with Crippen LogP contribution in [0.5, 0.6) is 0 Å². The predicted molar refractivity (Wildman–Crippen MR) is 55.4 cm³/mol. The molecule has 1 aromatic carbocycles. The molecule has 0 aliphatic rings. The topological polar surface area (TPSA) is 17.1 Å². The van der Waals surface area contributed by atoms with E-state index in [-0.39, 0.29) is 0 Å². The van der Waals surface area contributed by atoms with E-state index in [1.54, 1.807) is 12.2 Å². The molecule has 0 fully saturated rings. The lowest BCUT2D eigenvalue weighted by Crippen LogP contribution is -1.84. The molecule has 1 nitrogen and oxygen atoms in total. The van der Waals surface area contributed by atoms with Crippen molar-refractivity contribution in [2.24, 2.45) is 0 Å². The van der Waals surface area contributed by atoms with Crippen molar-refractivity contribution in [2.75, 3.05) is 0 Å². The average molecular weight is 172 g/mol. The van der Waals surface area contributed by atoms with Crippen molar-refractivity contribution in [3.8, 4) is 0 Å². The third-order valence-corrected chi connectivity index (χ3v) is 1.81. The van der Waals surface area contributed by atoms with Crippen LogP contribution in [-0.2, 0) is 4.79 Å². The zero-order valence-corrected chi connectivity index (χ0v) is 7.66. The van der Waals surface area contributed by atoms with E-state index in [0.29, 0.717) is 5.57 Å². The molecule has 0 saturated carbocycles. The summed E-state index contributed by atoms with van der Waals surface area (Å²) in [5.74, 6) is 0. The lowest BCUT2D eigenvalue weighted by atomic mass is 10.1. The van der Waals surface area contributed by atoms with E-state index in [2.05, 4.69) is 6.58 Å². The fraction of sp³-hybridized carbons (Fsp3) is 0.0833. The third kappa shape index (κ3) is 2.41. The Kier molecular flexibility index (Phi) is 3.21. The quantitative estimate of drug-likeness (QED) is 0.389. The highest BCUT2D eigenvalue weighted by molar-refractivity contribution is 6.07. The van der Waals surface area contributed by atoms with Gasteiger partial charge in [-0.15, -0.1) is 0 Å². The first kappa shape index (κ1) is 9.46. The molecule has 0 spiro atoms. The van der Waals surface area contributed by atoms with E-state index in [1.165, 1.54) is 5.56 Å². The number of allylic oxidation sites excluding steroid dienone is 3. The molecule has 1 aromatic rings. The minimum absolute atomic E-state index is 0.662. The van der Waals surface area contributed by atoms with Gasteiger partial charge in [0, 0.05) is 5.57 Å². The van der Waals surface area contributed by atoms with Crippen LogP contribution in [0, 0.1) is 6.92 Å². The van der Waals surface area contributed by atoms with Crippen LogP contribution >= 0.6 is 0 Å². The second-order valence-electron chi connectivity index (χ2n) is 2.84. The normalized spacial score (nSPS) is 11.0. The zero-order chi connectivity index (χ0) is 9.68. The molecule has 66 valence electrons. The van der Waals surface area contributed by atoms with E-state index in [1.807, 2.05) is 31.2 Å². The Balaban J connectivity index is 3.06. The number of aryl methyl sites for hydroxylation is 1. The fourth-order valence-electron chi connectivity index (χ4n) is 1.08. The smallest absolute Gasteiger partial charge is 0.150 e. The molecule has 0 N–H and O–H groups in total. The summed E-state index contributed by atoms with van der Waals surface area (Å²) in [4.78, 5) is 10.7. The van der Waals surface area contributed by atoms with Gasteiger partial charge in [0.05, 0.1) is 0 Å². The first-order valence-corrected chi connectivity index (χ1v) is 4.13. The summed E-state index contributed by atoms with van der Waals surface area (Å²) in [5, 5.41) is 0. The Morgan fingerprint density at radius 2 is 1.92 bits per heavy atom. The molecule has 0 aliphatic carbocycles. The van der Waals surface area contributed by atoms with Crippen molar-refractivity contribution in [1.29, 1.82) is 0 Å². The Hall–Kier alpha value is -1.63. The summed E-state index contributed by atoms with van der Waals surface area (Å²) in [6, 6.07) is 7.82. The molecule has 0 aliphatic heterocycles.